The van der Waals surface area contributed by atoms with Gasteiger partial charge in [-0.1, -0.05) is 29.3 Å². The monoisotopic (exact) mass is 395 g/mol. The van der Waals surface area contributed by atoms with Crippen molar-refractivity contribution in [3.63, 3.8) is 0 Å². The van der Waals surface area contributed by atoms with Crippen LogP contribution in [-0.2, 0) is 11.2 Å². The first-order chi connectivity index (χ1) is 12.1. The third-order valence-electron chi connectivity index (χ3n) is 5.06. The van der Waals surface area contributed by atoms with Gasteiger partial charge < -0.3 is 10.2 Å². The first-order valence-electron chi connectivity index (χ1n) is 8.76. The van der Waals surface area contributed by atoms with E-state index in [0.29, 0.717) is 16.6 Å². The van der Waals surface area contributed by atoms with Crippen LogP contribution in [0.1, 0.15) is 34.9 Å². The Hall–Kier alpha value is -1.07. The Kier molecular flexibility index (Phi) is 5.05. The van der Waals surface area contributed by atoms with Gasteiger partial charge in [0.2, 0.25) is 0 Å². The van der Waals surface area contributed by atoms with Crippen LogP contribution in [0, 0.1) is 5.92 Å². The number of carbonyl (C=O) groups is 1. The number of rotatable bonds is 5. The highest BCUT2D eigenvalue weighted by molar-refractivity contribution is 7.10. The summed E-state index contributed by atoms with van der Waals surface area (Å²) >= 11 is 14.3. The first kappa shape index (κ1) is 17.3. The van der Waals surface area contributed by atoms with Crippen molar-refractivity contribution in [1.29, 1.82) is 0 Å². The summed E-state index contributed by atoms with van der Waals surface area (Å²) in [5.41, 5.74) is 2.16. The minimum Gasteiger partial charge on any atom is -0.338 e. The van der Waals surface area contributed by atoms with Crippen LogP contribution < -0.4 is 5.32 Å². The van der Waals surface area contributed by atoms with Gasteiger partial charge in [0.15, 0.2) is 6.54 Å². The van der Waals surface area contributed by atoms with E-state index in [1.807, 2.05) is 17.0 Å². The van der Waals surface area contributed by atoms with Gasteiger partial charge in [-0.05, 0) is 54.0 Å². The highest BCUT2D eigenvalue weighted by atomic mass is 35.5. The van der Waals surface area contributed by atoms with Gasteiger partial charge in [0.25, 0.3) is 5.91 Å². The smallest absolute Gasteiger partial charge is 0.278 e. The molecule has 2 heterocycles. The van der Waals surface area contributed by atoms with Crippen LogP contribution in [0.15, 0.2) is 29.6 Å². The van der Waals surface area contributed by atoms with Crippen LogP contribution in [0.3, 0.4) is 0 Å². The van der Waals surface area contributed by atoms with Gasteiger partial charge in [0, 0.05) is 27.4 Å². The molecule has 1 saturated carbocycles. The molecule has 3 nitrogen and oxygen atoms in total. The van der Waals surface area contributed by atoms with E-state index in [1.165, 1.54) is 23.3 Å². The molecule has 2 N–H and O–H groups in total. The number of amides is 1. The molecule has 6 heteroatoms. The number of quaternary nitrogens is 1. The van der Waals surface area contributed by atoms with E-state index in [2.05, 4.69) is 16.8 Å². The molecule has 4 rings (SSSR count). The van der Waals surface area contributed by atoms with Gasteiger partial charge in [-0.15, -0.1) is 11.3 Å². The second kappa shape index (κ2) is 7.28. The number of nitrogens with zero attached hydrogens (tertiary/aromatic N) is 1. The normalized spacial score (nSPS) is 19.8. The lowest BCUT2D eigenvalue weighted by atomic mass is 9.93. The number of halogens is 2. The molecule has 1 atom stereocenters. The summed E-state index contributed by atoms with van der Waals surface area (Å²) in [6.07, 6.45) is 3.55. The zero-order valence-corrected chi connectivity index (χ0v) is 16.2. The van der Waals surface area contributed by atoms with Crippen molar-refractivity contribution in [3.8, 4) is 0 Å². The predicted octanol–water partition coefficient (Wildman–Crippen LogP) is 3.50. The van der Waals surface area contributed by atoms with E-state index in [4.69, 9.17) is 23.2 Å². The maximum absolute atomic E-state index is 12.9. The zero-order chi connectivity index (χ0) is 17.4. The van der Waals surface area contributed by atoms with E-state index in [0.717, 1.165) is 31.0 Å². The van der Waals surface area contributed by atoms with E-state index in [-0.39, 0.29) is 11.9 Å². The quantitative estimate of drug-likeness (QED) is 0.825. The molecular formula is C19H21Cl2N2OS+. The van der Waals surface area contributed by atoms with Crippen LogP contribution in [0.4, 0.5) is 0 Å². The molecule has 132 valence electrons. The fraction of sp³-hybridized carbons (Fsp3) is 0.421. The topological polar surface area (TPSA) is 36.9 Å². The molecule has 2 aliphatic rings. The number of thiophene rings is 1. The van der Waals surface area contributed by atoms with Gasteiger partial charge in [-0.2, -0.15) is 0 Å². The van der Waals surface area contributed by atoms with Crippen molar-refractivity contribution in [1.82, 2.24) is 4.90 Å². The highest BCUT2D eigenvalue weighted by Crippen LogP contribution is 2.40. The third kappa shape index (κ3) is 3.72. The Morgan fingerprint density at radius 3 is 2.84 bits per heavy atom. The third-order valence-corrected chi connectivity index (χ3v) is 6.62. The number of benzene rings is 1. The number of hydrogen-bond acceptors (Lipinski definition) is 2. The molecule has 0 radical (unpaired) electrons. The summed E-state index contributed by atoms with van der Waals surface area (Å²) in [5, 5.41) is 5.50. The maximum atomic E-state index is 12.9. The lowest BCUT2D eigenvalue weighted by molar-refractivity contribution is -0.647. The first-order valence-corrected chi connectivity index (χ1v) is 10.4. The van der Waals surface area contributed by atoms with Gasteiger partial charge >= 0.3 is 0 Å². The van der Waals surface area contributed by atoms with Crippen LogP contribution in [0.2, 0.25) is 10.0 Å². The fourth-order valence-electron chi connectivity index (χ4n) is 3.56. The molecule has 0 spiro atoms. The van der Waals surface area contributed by atoms with E-state index >= 15 is 0 Å². The van der Waals surface area contributed by atoms with Crippen molar-refractivity contribution < 1.29 is 10.1 Å². The van der Waals surface area contributed by atoms with Crippen molar-refractivity contribution in [3.05, 3.63) is 55.7 Å². The lowest BCUT2D eigenvalue weighted by Gasteiger charge is -2.36. The van der Waals surface area contributed by atoms with Gasteiger partial charge in [-0.25, -0.2) is 0 Å². The summed E-state index contributed by atoms with van der Waals surface area (Å²) in [7, 11) is 0. The molecule has 25 heavy (non-hydrogen) atoms. The Balaban J connectivity index is 1.61. The number of hydrogen-bond donors (Lipinski definition) is 1. The van der Waals surface area contributed by atoms with E-state index in [9.17, 15) is 4.79 Å². The molecular weight excluding hydrogens is 375 g/mol. The standard InChI is InChI=1S/C19H20Cl2N2OS/c20-13-3-4-14(16(21)9-13)19-15-6-8-25-17(15)5-7-23(19)18(24)11-22-10-12-1-2-12/h3-4,6,8-9,12,19,22H,1-2,5,7,10-11H2/p+1/t19-/m0/s1. The minimum atomic E-state index is -0.110. The Labute approximate surface area is 161 Å². The molecule has 1 aliphatic heterocycles. The van der Waals surface area contributed by atoms with Gasteiger partial charge in [0.05, 0.1) is 12.6 Å². The zero-order valence-electron chi connectivity index (χ0n) is 13.9. The summed E-state index contributed by atoms with van der Waals surface area (Å²) in [6.45, 7) is 2.32. The SMILES string of the molecule is O=C(C[NH2+]CC1CC1)N1CCc2sccc2[C@@H]1c1ccc(Cl)cc1Cl. The molecule has 0 bridgehead atoms. The molecule has 1 aromatic carbocycles. The van der Waals surface area contributed by atoms with E-state index < -0.39 is 0 Å². The molecule has 0 unspecified atom stereocenters. The fourth-order valence-corrected chi connectivity index (χ4v) is 4.97. The second-order valence-corrected chi connectivity index (χ2v) is 8.72. The van der Waals surface area contributed by atoms with Crippen LogP contribution in [0.5, 0.6) is 0 Å². The van der Waals surface area contributed by atoms with Crippen LogP contribution in [-0.4, -0.2) is 30.4 Å². The molecule has 1 fully saturated rings. The largest absolute Gasteiger partial charge is 0.338 e. The van der Waals surface area contributed by atoms with Crippen molar-refractivity contribution in [2.24, 2.45) is 5.92 Å². The molecule has 1 amide bonds. The van der Waals surface area contributed by atoms with Crippen molar-refractivity contribution >= 4 is 40.4 Å². The van der Waals surface area contributed by atoms with Gasteiger partial charge in [0.1, 0.15) is 0 Å². The Bertz CT molecular complexity index is 787. The highest BCUT2D eigenvalue weighted by Gasteiger charge is 2.34. The molecule has 1 aromatic heterocycles. The minimum absolute atomic E-state index is 0.110. The summed E-state index contributed by atoms with van der Waals surface area (Å²) in [4.78, 5) is 16.3. The lowest BCUT2D eigenvalue weighted by Crippen LogP contribution is -2.87. The van der Waals surface area contributed by atoms with E-state index in [1.54, 1.807) is 17.4 Å². The summed E-state index contributed by atoms with van der Waals surface area (Å²) in [5.74, 6) is 1.01. The average Bonchev–Trinajstić information content (AvgIpc) is 3.28. The molecule has 0 saturated heterocycles. The predicted molar refractivity (Wildman–Crippen MR) is 102 cm³/mol. The Morgan fingerprint density at radius 2 is 2.08 bits per heavy atom. The van der Waals surface area contributed by atoms with Crippen molar-refractivity contribution in [2.75, 3.05) is 19.6 Å². The summed E-state index contributed by atoms with van der Waals surface area (Å²) < 4.78 is 0. The number of carbonyl (C=O) groups excluding carboxylic acids is 1. The second-order valence-electron chi connectivity index (χ2n) is 6.88. The number of nitrogens with two attached hydrogens (primary N) is 1. The molecule has 2 aromatic rings. The van der Waals surface area contributed by atoms with Crippen molar-refractivity contribution in [2.45, 2.75) is 25.3 Å². The molecule has 1 aliphatic carbocycles. The maximum Gasteiger partial charge on any atom is 0.278 e. The number of fused-ring (bicyclic) bond motifs is 1. The summed E-state index contributed by atoms with van der Waals surface area (Å²) in [6, 6.07) is 7.59. The van der Waals surface area contributed by atoms with Crippen LogP contribution in [0.25, 0.3) is 0 Å². The van der Waals surface area contributed by atoms with Gasteiger partial charge in [-0.3, -0.25) is 4.79 Å². The average molecular weight is 396 g/mol. The van der Waals surface area contributed by atoms with Crippen LogP contribution >= 0.6 is 34.5 Å². The Morgan fingerprint density at radius 1 is 1.24 bits per heavy atom.